The van der Waals surface area contributed by atoms with E-state index < -0.39 is 0 Å². The van der Waals surface area contributed by atoms with Crippen LogP contribution in [0.3, 0.4) is 0 Å². The number of methoxy groups -OCH3 is 1. The highest BCUT2D eigenvalue weighted by atomic mass is 32.2. The van der Waals surface area contributed by atoms with Crippen molar-refractivity contribution in [2.75, 3.05) is 26.0 Å². The summed E-state index contributed by atoms with van der Waals surface area (Å²) in [5.41, 5.74) is 1.83. The van der Waals surface area contributed by atoms with E-state index in [1.807, 2.05) is 23.9 Å². The molecule has 3 nitrogen and oxygen atoms in total. The summed E-state index contributed by atoms with van der Waals surface area (Å²) in [6.07, 6.45) is 6.55. The number of aliphatic imine (C=N–C) groups is 1. The van der Waals surface area contributed by atoms with Gasteiger partial charge in [-0.2, -0.15) is 0 Å². The SMILES string of the molecule is COc1cccc(CCNC2=NCC3(CCCC3)CS2)c1. The highest BCUT2D eigenvalue weighted by Gasteiger charge is 2.36. The van der Waals surface area contributed by atoms with E-state index in [9.17, 15) is 0 Å². The summed E-state index contributed by atoms with van der Waals surface area (Å²) in [5.74, 6) is 2.18. The molecule has 1 spiro atoms. The van der Waals surface area contributed by atoms with Gasteiger partial charge in [0.25, 0.3) is 0 Å². The first-order chi connectivity index (χ1) is 10.3. The lowest BCUT2D eigenvalue weighted by molar-refractivity contribution is 0.358. The minimum atomic E-state index is 0.530. The molecule has 1 aliphatic heterocycles. The van der Waals surface area contributed by atoms with Crippen molar-refractivity contribution in [1.29, 1.82) is 0 Å². The molecule has 0 atom stereocenters. The molecule has 0 radical (unpaired) electrons. The molecule has 0 aromatic heterocycles. The van der Waals surface area contributed by atoms with Gasteiger partial charge in [-0.15, -0.1) is 0 Å². The van der Waals surface area contributed by atoms with Crippen LogP contribution in [0.5, 0.6) is 5.75 Å². The summed E-state index contributed by atoms with van der Waals surface area (Å²) in [6, 6.07) is 8.28. The third-order valence-electron chi connectivity index (χ3n) is 4.56. The van der Waals surface area contributed by atoms with Crippen LogP contribution in [0.15, 0.2) is 29.3 Å². The van der Waals surface area contributed by atoms with Crippen LogP contribution in [-0.4, -0.2) is 31.1 Å². The molecule has 1 heterocycles. The van der Waals surface area contributed by atoms with Crippen LogP contribution in [0, 0.1) is 5.41 Å². The van der Waals surface area contributed by atoms with Gasteiger partial charge in [0.15, 0.2) is 5.17 Å². The number of hydrogen-bond donors (Lipinski definition) is 1. The Bertz CT molecular complexity index is 509. The van der Waals surface area contributed by atoms with E-state index in [0.717, 1.165) is 30.4 Å². The fraction of sp³-hybridized carbons (Fsp3) is 0.588. The number of ether oxygens (including phenoxy) is 1. The maximum absolute atomic E-state index is 5.26. The van der Waals surface area contributed by atoms with Crippen molar-refractivity contribution in [1.82, 2.24) is 5.32 Å². The van der Waals surface area contributed by atoms with Gasteiger partial charge < -0.3 is 10.1 Å². The van der Waals surface area contributed by atoms with Gasteiger partial charge >= 0.3 is 0 Å². The van der Waals surface area contributed by atoms with Crippen LogP contribution >= 0.6 is 11.8 Å². The Labute approximate surface area is 131 Å². The summed E-state index contributed by atoms with van der Waals surface area (Å²) in [6.45, 7) is 1.97. The largest absolute Gasteiger partial charge is 0.497 e. The molecule has 3 rings (SSSR count). The first-order valence-corrected chi connectivity index (χ1v) is 8.82. The molecule has 1 aromatic rings. The lowest BCUT2D eigenvalue weighted by atomic mass is 9.89. The average Bonchev–Trinajstić information content (AvgIpc) is 2.98. The summed E-state index contributed by atoms with van der Waals surface area (Å²) in [4.78, 5) is 4.77. The Morgan fingerprint density at radius 1 is 1.33 bits per heavy atom. The number of nitrogens with one attached hydrogen (secondary N) is 1. The predicted molar refractivity (Wildman–Crippen MR) is 90.4 cm³/mol. The Hall–Kier alpha value is -1.16. The van der Waals surface area contributed by atoms with Crippen molar-refractivity contribution in [3.05, 3.63) is 29.8 Å². The molecular formula is C17H24N2OS. The zero-order valence-corrected chi connectivity index (χ0v) is 13.5. The van der Waals surface area contributed by atoms with E-state index >= 15 is 0 Å². The fourth-order valence-corrected chi connectivity index (χ4v) is 4.41. The Morgan fingerprint density at radius 3 is 2.90 bits per heavy atom. The van der Waals surface area contributed by atoms with Gasteiger partial charge in [-0.25, -0.2) is 0 Å². The summed E-state index contributed by atoms with van der Waals surface area (Å²) in [7, 11) is 1.71. The second-order valence-corrected chi connectivity index (χ2v) is 7.11. The van der Waals surface area contributed by atoms with Crippen molar-refractivity contribution in [3.8, 4) is 5.75 Å². The molecule has 21 heavy (non-hydrogen) atoms. The van der Waals surface area contributed by atoms with Gasteiger partial charge in [-0.3, -0.25) is 4.99 Å². The van der Waals surface area contributed by atoms with Crippen LogP contribution < -0.4 is 10.1 Å². The second kappa shape index (κ2) is 6.73. The van der Waals surface area contributed by atoms with Crippen molar-refractivity contribution in [3.63, 3.8) is 0 Å². The number of benzene rings is 1. The molecule has 1 aliphatic carbocycles. The molecular weight excluding hydrogens is 280 g/mol. The van der Waals surface area contributed by atoms with Crippen molar-refractivity contribution in [2.45, 2.75) is 32.1 Å². The number of hydrogen-bond acceptors (Lipinski definition) is 4. The molecule has 1 saturated carbocycles. The summed E-state index contributed by atoms with van der Waals surface area (Å²) in [5, 5.41) is 4.62. The standard InChI is InChI=1S/C17H24N2OS/c1-20-15-6-4-5-14(11-15)7-10-18-16-19-12-17(13-21-16)8-2-3-9-17/h4-6,11H,2-3,7-10,12-13H2,1H3,(H,18,19). The van der Waals surface area contributed by atoms with E-state index in [2.05, 4.69) is 17.4 Å². The van der Waals surface area contributed by atoms with E-state index in [-0.39, 0.29) is 0 Å². The molecule has 1 fully saturated rings. The minimum Gasteiger partial charge on any atom is -0.497 e. The molecule has 4 heteroatoms. The second-order valence-electron chi connectivity index (χ2n) is 6.15. The Balaban J connectivity index is 1.46. The average molecular weight is 304 g/mol. The van der Waals surface area contributed by atoms with E-state index in [1.54, 1.807) is 7.11 Å². The van der Waals surface area contributed by atoms with Crippen molar-refractivity contribution >= 4 is 16.9 Å². The van der Waals surface area contributed by atoms with Gasteiger partial charge in [-0.1, -0.05) is 36.7 Å². The molecule has 0 bridgehead atoms. The molecule has 0 amide bonds. The minimum absolute atomic E-state index is 0.530. The maximum Gasteiger partial charge on any atom is 0.156 e. The first-order valence-electron chi connectivity index (χ1n) is 7.84. The smallest absolute Gasteiger partial charge is 0.156 e. The zero-order valence-electron chi connectivity index (χ0n) is 12.7. The highest BCUT2D eigenvalue weighted by molar-refractivity contribution is 8.13. The van der Waals surface area contributed by atoms with E-state index in [4.69, 9.17) is 9.73 Å². The molecule has 0 unspecified atom stereocenters. The van der Waals surface area contributed by atoms with E-state index in [1.165, 1.54) is 37.0 Å². The van der Waals surface area contributed by atoms with Crippen molar-refractivity contribution < 1.29 is 4.74 Å². The van der Waals surface area contributed by atoms with Gasteiger partial charge in [-0.05, 0) is 42.4 Å². The molecule has 1 N–H and O–H groups in total. The van der Waals surface area contributed by atoms with Crippen molar-refractivity contribution in [2.24, 2.45) is 10.4 Å². The Kier molecular flexibility index (Phi) is 4.73. The van der Waals surface area contributed by atoms with Crippen LogP contribution in [0.2, 0.25) is 0 Å². The van der Waals surface area contributed by atoms with Gasteiger partial charge in [0.2, 0.25) is 0 Å². The van der Waals surface area contributed by atoms with E-state index in [0.29, 0.717) is 5.41 Å². The molecule has 2 aliphatic rings. The van der Waals surface area contributed by atoms with Gasteiger partial charge in [0.1, 0.15) is 5.75 Å². The molecule has 1 aromatic carbocycles. The van der Waals surface area contributed by atoms with Crippen LogP contribution in [-0.2, 0) is 6.42 Å². The van der Waals surface area contributed by atoms with Gasteiger partial charge in [0, 0.05) is 18.8 Å². The number of amidine groups is 1. The third-order valence-corrected chi connectivity index (χ3v) is 5.86. The first kappa shape index (κ1) is 14.8. The Morgan fingerprint density at radius 2 is 2.19 bits per heavy atom. The lowest BCUT2D eigenvalue weighted by Gasteiger charge is -2.31. The monoisotopic (exact) mass is 304 g/mol. The summed E-state index contributed by atoms with van der Waals surface area (Å²) < 4.78 is 5.26. The number of nitrogens with zero attached hydrogens (tertiary/aromatic N) is 1. The lowest BCUT2D eigenvalue weighted by Crippen LogP contribution is -2.34. The van der Waals surface area contributed by atoms with Crippen LogP contribution in [0.1, 0.15) is 31.2 Å². The highest BCUT2D eigenvalue weighted by Crippen LogP contribution is 2.43. The van der Waals surface area contributed by atoms with Crippen LogP contribution in [0.4, 0.5) is 0 Å². The fourth-order valence-electron chi connectivity index (χ4n) is 3.23. The van der Waals surface area contributed by atoms with Gasteiger partial charge in [0.05, 0.1) is 7.11 Å². The predicted octanol–water partition coefficient (Wildman–Crippen LogP) is 3.49. The third kappa shape index (κ3) is 3.73. The topological polar surface area (TPSA) is 33.6 Å². The number of thioether (sulfide) groups is 1. The summed E-state index contributed by atoms with van der Waals surface area (Å²) >= 11 is 1.92. The normalized spacial score (nSPS) is 20.3. The zero-order chi connectivity index (χ0) is 14.5. The van der Waals surface area contributed by atoms with Crippen LogP contribution in [0.25, 0.3) is 0 Å². The number of rotatable bonds is 4. The maximum atomic E-state index is 5.26. The molecule has 0 saturated heterocycles. The molecule has 114 valence electrons. The quantitative estimate of drug-likeness (QED) is 0.924.